The molecule has 1 heteroatoms. The second-order valence-electron chi connectivity index (χ2n) is 5.26. The number of hydrogen-bond acceptors (Lipinski definition) is 0. The van der Waals surface area contributed by atoms with Gasteiger partial charge in [0.15, 0.2) is 0 Å². The predicted octanol–water partition coefficient (Wildman–Crippen LogP) is 7.17. The van der Waals surface area contributed by atoms with Gasteiger partial charge in [0.2, 0.25) is 0 Å². The maximum Gasteiger partial charge on any atom is -0.0250 e. The van der Waals surface area contributed by atoms with E-state index in [4.69, 9.17) is 0 Å². The van der Waals surface area contributed by atoms with Gasteiger partial charge < -0.3 is 0 Å². The van der Waals surface area contributed by atoms with Crippen molar-refractivity contribution in [2.45, 2.75) is 90.9 Å². The highest BCUT2D eigenvalue weighted by atomic mass is 31.1. The summed E-state index contributed by atoms with van der Waals surface area (Å²) in [5.41, 5.74) is 0. The fourth-order valence-electron chi connectivity index (χ4n) is 2.08. The lowest BCUT2D eigenvalue weighted by Crippen LogP contribution is -1.82. The van der Waals surface area contributed by atoms with Gasteiger partial charge in [-0.25, -0.2) is 0 Å². The van der Waals surface area contributed by atoms with Crippen LogP contribution in [0.1, 0.15) is 90.9 Å². The Morgan fingerprint density at radius 1 is 0.667 bits per heavy atom. The van der Waals surface area contributed by atoms with Gasteiger partial charge in [0.05, 0.1) is 0 Å². The molecule has 0 aromatic rings. The molecule has 0 bridgehead atoms. The van der Waals surface area contributed by atoms with Gasteiger partial charge in [0, 0.05) is 0 Å². The first-order valence-corrected chi connectivity index (χ1v) is 9.38. The predicted molar refractivity (Wildman–Crippen MR) is 87.7 cm³/mol. The minimum Gasteiger partial charge on any atom is -0.0837 e. The molecular formula is C17H34P. The fraction of sp³-hybridized carbons (Fsp3) is 0.882. The maximum atomic E-state index is 2.34. The topological polar surface area (TPSA) is 0 Å². The molecule has 0 aromatic carbocycles. The molecule has 0 nitrogen and oxygen atoms in total. The largest absolute Gasteiger partial charge is 0.0837 e. The van der Waals surface area contributed by atoms with Crippen LogP contribution in [0.3, 0.4) is 0 Å². The van der Waals surface area contributed by atoms with E-state index in [1.54, 1.807) is 0 Å². The molecule has 0 aliphatic heterocycles. The molecule has 0 fully saturated rings. The van der Waals surface area contributed by atoms with Crippen LogP contribution in [0.4, 0.5) is 0 Å². The summed E-state index contributed by atoms with van der Waals surface area (Å²) in [5.74, 6) is 2.34. The van der Waals surface area contributed by atoms with Gasteiger partial charge in [-0.1, -0.05) is 98.5 Å². The Morgan fingerprint density at radius 3 is 1.78 bits per heavy atom. The van der Waals surface area contributed by atoms with Gasteiger partial charge in [0.25, 0.3) is 0 Å². The van der Waals surface area contributed by atoms with Crippen molar-refractivity contribution < 1.29 is 0 Å². The van der Waals surface area contributed by atoms with Gasteiger partial charge in [0.1, 0.15) is 0 Å². The zero-order valence-corrected chi connectivity index (χ0v) is 13.7. The molecular weight excluding hydrogens is 235 g/mol. The van der Waals surface area contributed by atoms with Gasteiger partial charge in [-0.3, -0.25) is 0 Å². The Hall–Kier alpha value is 0.170. The Labute approximate surface area is 118 Å². The van der Waals surface area contributed by atoms with E-state index in [0.29, 0.717) is 0 Å². The van der Waals surface area contributed by atoms with Crippen LogP contribution in [0.15, 0.2) is 11.9 Å². The van der Waals surface area contributed by atoms with E-state index in [0.717, 1.165) is 0 Å². The summed E-state index contributed by atoms with van der Waals surface area (Å²) in [6.45, 7) is 4.53. The lowest BCUT2D eigenvalue weighted by Gasteiger charge is -2.01. The summed E-state index contributed by atoms with van der Waals surface area (Å²) in [4.78, 5) is 0. The summed E-state index contributed by atoms with van der Waals surface area (Å²) >= 11 is 0. The lowest BCUT2D eigenvalue weighted by molar-refractivity contribution is 0.563. The molecule has 0 unspecified atom stereocenters. The third-order valence-corrected chi connectivity index (χ3v) is 4.30. The molecule has 0 rings (SSSR count). The Kier molecular flexibility index (Phi) is 17.3. The van der Waals surface area contributed by atoms with Crippen LogP contribution in [-0.2, 0) is 0 Å². The van der Waals surface area contributed by atoms with Crippen molar-refractivity contribution in [2.24, 2.45) is 0 Å². The van der Waals surface area contributed by atoms with E-state index in [1.807, 2.05) is 0 Å². The molecule has 0 saturated heterocycles. The molecule has 18 heavy (non-hydrogen) atoms. The van der Waals surface area contributed by atoms with Crippen LogP contribution in [0.25, 0.3) is 0 Å². The van der Waals surface area contributed by atoms with Gasteiger partial charge in [-0.15, -0.1) is 0 Å². The molecule has 0 aliphatic carbocycles. The van der Waals surface area contributed by atoms with Crippen LogP contribution in [0, 0.1) is 0 Å². The van der Waals surface area contributed by atoms with Crippen molar-refractivity contribution in [3.8, 4) is 0 Å². The van der Waals surface area contributed by atoms with Gasteiger partial charge >= 0.3 is 0 Å². The third kappa shape index (κ3) is 16.2. The first-order chi connectivity index (χ1) is 8.91. The van der Waals surface area contributed by atoms with E-state index in [-0.39, 0.29) is 0 Å². The Morgan fingerprint density at radius 2 is 1.22 bits per heavy atom. The van der Waals surface area contributed by atoms with Crippen molar-refractivity contribution >= 4 is 8.58 Å². The Bertz CT molecular complexity index is 163. The summed E-state index contributed by atoms with van der Waals surface area (Å²) in [6.07, 6.45) is 20.7. The number of hydrogen-bond donors (Lipinski definition) is 0. The first kappa shape index (κ1) is 18.2. The van der Waals surface area contributed by atoms with Crippen molar-refractivity contribution in [3.05, 3.63) is 11.9 Å². The molecule has 0 saturated carbocycles. The zero-order chi connectivity index (χ0) is 13.3. The number of rotatable bonds is 14. The summed E-state index contributed by atoms with van der Waals surface area (Å²) in [5, 5.41) is 0. The normalized spacial score (nSPS) is 12.1. The van der Waals surface area contributed by atoms with E-state index in [1.165, 1.54) is 91.8 Å². The highest BCUT2D eigenvalue weighted by Gasteiger charge is 1.92. The van der Waals surface area contributed by atoms with Crippen molar-refractivity contribution in [1.82, 2.24) is 0 Å². The van der Waals surface area contributed by atoms with E-state index in [9.17, 15) is 0 Å². The molecule has 0 heterocycles. The van der Waals surface area contributed by atoms with Crippen LogP contribution < -0.4 is 0 Å². The fourth-order valence-corrected chi connectivity index (χ4v) is 2.93. The van der Waals surface area contributed by atoms with E-state index < -0.39 is 0 Å². The second-order valence-corrected chi connectivity index (χ2v) is 6.37. The van der Waals surface area contributed by atoms with E-state index >= 15 is 0 Å². The number of unbranched alkanes of at least 4 members (excludes halogenated alkanes) is 10. The zero-order valence-electron chi connectivity index (χ0n) is 12.8. The maximum absolute atomic E-state index is 2.34. The lowest BCUT2D eigenvalue weighted by atomic mass is 10.1. The molecule has 0 atom stereocenters. The first-order valence-electron chi connectivity index (χ1n) is 8.23. The quantitative estimate of drug-likeness (QED) is 0.232. The van der Waals surface area contributed by atoms with Crippen molar-refractivity contribution in [1.29, 1.82) is 0 Å². The highest BCUT2D eigenvalue weighted by molar-refractivity contribution is 7.41. The minimum atomic E-state index is 1.25. The molecule has 0 amide bonds. The van der Waals surface area contributed by atoms with Gasteiger partial charge in [-0.05, 0) is 19.0 Å². The Balaban J connectivity index is 2.94. The smallest absolute Gasteiger partial charge is 0.0250 e. The summed E-state index contributed by atoms with van der Waals surface area (Å²) in [6, 6.07) is 0. The van der Waals surface area contributed by atoms with E-state index in [2.05, 4.69) is 25.7 Å². The van der Waals surface area contributed by atoms with Crippen LogP contribution in [0.2, 0.25) is 0 Å². The average molecular weight is 269 g/mol. The molecule has 107 valence electrons. The summed E-state index contributed by atoms with van der Waals surface area (Å²) < 4.78 is 0. The number of allylic oxidation sites excluding steroid dienone is 1. The van der Waals surface area contributed by atoms with Crippen LogP contribution >= 0.6 is 8.58 Å². The van der Waals surface area contributed by atoms with Crippen LogP contribution in [-0.4, -0.2) is 6.16 Å². The van der Waals surface area contributed by atoms with Crippen molar-refractivity contribution in [3.63, 3.8) is 0 Å². The third-order valence-electron chi connectivity index (χ3n) is 3.31. The molecule has 0 spiro atoms. The second kappa shape index (κ2) is 17.2. The average Bonchev–Trinajstić information content (AvgIpc) is 2.39. The SMILES string of the molecule is CCC/C=C/[P]CCCCCCCCCCCC. The van der Waals surface area contributed by atoms with Crippen molar-refractivity contribution in [2.75, 3.05) is 6.16 Å². The monoisotopic (exact) mass is 269 g/mol. The standard InChI is InChI=1S/C17H34P/c1-3-5-7-8-9-10-11-12-13-15-17-18-16-14-6-4-2/h14,16H,3-13,15,17H2,1-2H3/b16-14+. The summed E-state index contributed by atoms with van der Waals surface area (Å²) in [7, 11) is 1.53. The van der Waals surface area contributed by atoms with Crippen LogP contribution in [0.5, 0.6) is 0 Å². The van der Waals surface area contributed by atoms with Gasteiger partial charge in [-0.2, -0.15) is 0 Å². The molecule has 0 aromatic heterocycles. The molecule has 0 N–H and O–H groups in total. The minimum absolute atomic E-state index is 1.25. The highest BCUT2D eigenvalue weighted by Crippen LogP contribution is 2.17. The molecule has 1 radical (unpaired) electrons. The molecule has 0 aliphatic rings.